The van der Waals surface area contributed by atoms with Crippen molar-refractivity contribution in [2.45, 2.75) is 26.3 Å². The van der Waals surface area contributed by atoms with Crippen molar-refractivity contribution in [2.75, 3.05) is 32.2 Å². The Labute approximate surface area is 160 Å². The highest BCUT2D eigenvalue weighted by Gasteiger charge is 2.09. The number of rotatable bonds is 11. The fourth-order valence-corrected chi connectivity index (χ4v) is 2.54. The van der Waals surface area contributed by atoms with E-state index in [1.807, 2.05) is 56.3 Å². The molecule has 0 bridgehead atoms. The van der Waals surface area contributed by atoms with Crippen LogP contribution in [0, 0.1) is 0 Å². The molecule has 1 amide bonds. The zero-order valence-corrected chi connectivity index (χ0v) is 16.2. The molecule has 0 spiro atoms. The predicted molar refractivity (Wildman–Crippen MR) is 107 cm³/mol. The van der Waals surface area contributed by atoms with E-state index in [-0.39, 0.29) is 11.9 Å². The summed E-state index contributed by atoms with van der Waals surface area (Å²) >= 11 is 0. The molecule has 2 N–H and O–H groups in total. The summed E-state index contributed by atoms with van der Waals surface area (Å²) in [6.07, 6.45) is 0.375. The van der Waals surface area contributed by atoms with E-state index in [1.165, 1.54) is 0 Å². The molecule has 0 heterocycles. The Morgan fingerprint density at radius 1 is 1.04 bits per heavy atom. The third-order valence-corrected chi connectivity index (χ3v) is 3.84. The Hall–Kier alpha value is -2.73. The first kappa shape index (κ1) is 20.6. The maximum Gasteiger partial charge on any atom is 0.225 e. The molecule has 0 aliphatic carbocycles. The van der Waals surface area contributed by atoms with Gasteiger partial charge in [0.2, 0.25) is 5.91 Å². The SMILES string of the molecule is CCOc1ccc(OCCN[C@@H](C)CC(=O)Nc2cccc(OC)c2)cc1. The van der Waals surface area contributed by atoms with Crippen molar-refractivity contribution in [3.05, 3.63) is 48.5 Å². The van der Waals surface area contributed by atoms with Gasteiger partial charge >= 0.3 is 0 Å². The van der Waals surface area contributed by atoms with Crippen LogP contribution in [0.4, 0.5) is 5.69 Å². The van der Waals surface area contributed by atoms with Crippen molar-refractivity contribution in [1.29, 1.82) is 0 Å². The van der Waals surface area contributed by atoms with E-state index in [9.17, 15) is 4.79 Å². The Bertz CT molecular complexity index is 704. The summed E-state index contributed by atoms with van der Waals surface area (Å²) < 4.78 is 16.2. The second-order valence-electron chi connectivity index (χ2n) is 6.09. The molecule has 6 nitrogen and oxygen atoms in total. The monoisotopic (exact) mass is 372 g/mol. The topological polar surface area (TPSA) is 68.8 Å². The lowest BCUT2D eigenvalue weighted by Gasteiger charge is -2.14. The van der Waals surface area contributed by atoms with Crippen molar-refractivity contribution in [2.24, 2.45) is 0 Å². The summed E-state index contributed by atoms with van der Waals surface area (Å²) in [5, 5.41) is 6.17. The Morgan fingerprint density at radius 2 is 1.74 bits per heavy atom. The predicted octanol–water partition coefficient (Wildman–Crippen LogP) is 3.48. The molecule has 0 saturated heterocycles. The van der Waals surface area contributed by atoms with Gasteiger partial charge in [0.1, 0.15) is 23.9 Å². The highest BCUT2D eigenvalue weighted by atomic mass is 16.5. The van der Waals surface area contributed by atoms with Crippen LogP contribution in [0.2, 0.25) is 0 Å². The summed E-state index contributed by atoms with van der Waals surface area (Å²) in [6.45, 7) is 5.75. The van der Waals surface area contributed by atoms with E-state index in [2.05, 4.69) is 10.6 Å². The minimum absolute atomic E-state index is 0.0412. The molecule has 0 aliphatic heterocycles. The minimum Gasteiger partial charge on any atom is -0.497 e. The number of ether oxygens (including phenoxy) is 3. The maximum atomic E-state index is 12.1. The number of hydrogen-bond acceptors (Lipinski definition) is 5. The van der Waals surface area contributed by atoms with E-state index in [4.69, 9.17) is 14.2 Å². The molecular formula is C21H28N2O4. The number of carbonyl (C=O) groups is 1. The van der Waals surface area contributed by atoms with E-state index in [0.29, 0.717) is 31.9 Å². The Balaban J connectivity index is 1.65. The normalized spacial score (nSPS) is 11.5. The smallest absolute Gasteiger partial charge is 0.225 e. The van der Waals surface area contributed by atoms with Gasteiger partial charge in [0.25, 0.3) is 0 Å². The molecule has 27 heavy (non-hydrogen) atoms. The zero-order valence-electron chi connectivity index (χ0n) is 16.2. The second kappa shape index (κ2) is 11.1. The van der Waals surface area contributed by atoms with E-state index in [1.54, 1.807) is 13.2 Å². The van der Waals surface area contributed by atoms with Crippen molar-refractivity contribution in [3.63, 3.8) is 0 Å². The molecule has 0 aliphatic rings. The second-order valence-corrected chi connectivity index (χ2v) is 6.09. The third-order valence-electron chi connectivity index (χ3n) is 3.84. The summed E-state index contributed by atoms with van der Waals surface area (Å²) in [5.41, 5.74) is 0.727. The van der Waals surface area contributed by atoms with Crippen LogP contribution in [-0.4, -0.2) is 38.8 Å². The first-order valence-corrected chi connectivity index (χ1v) is 9.13. The van der Waals surface area contributed by atoms with Crippen LogP contribution in [0.5, 0.6) is 17.2 Å². The van der Waals surface area contributed by atoms with Gasteiger partial charge in [0.05, 0.1) is 13.7 Å². The number of anilines is 1. The molecule has 0 unspecified atom stereocenters. The first-order chi connectivity index (χ1) is 13.1. The molecule has 2 rings (SSSR count). The average molecular weight is 372 g/mol. The quantitative estimate of drug-likeness (QED) is 0.591. The molecule has 6 heteroatoms. The number of carbonyl (C=O) groups excluding carboxylic acids is 1. The molecule has 0 aromatic heterocycles. The molecule has 146 valence electrons. The highest BCUT2D eigenvalue weighted by molar-refractivity contribution is 5.91. The standard InChI is InChI=1S/C21H28N2O4/c1-4-26-18-8-10-19(11-9-18)27-13-12-22-16(2)14-21(24)23-17-6-5-7-20(15-17)25-3/h5-11,15-16,22H,4,12-14H2,1-3H3,(H,23,24)/t16-/m0/s1. The van der Waals surface area contributed by atoms with Gasteiger partial charge in [-0.15, -0.1) is 0 Å². The van der Waals surface area contributed by atoms with Gasteiger partial charge in [-0.05, 0) is 50.2 Å². The lowest BCUT2D eigenvalue weighted by Crippen LogP contribution is -2.33. The van der Waals surface area contributed by atoms with Crippen LogP contribution in [0.25, 0.3) is 0 Å². The average Bonchev–Trinajstić information content (AvgIpc) is 2.66. The number of nitrogens with one attached hydrogen (secondary N) is 2. The fraction of sp³-hybridized carbons (Fsp3) is 0.381. The third kappa shape index (κ3) is 7.58. The summed E-state index contributed by atoms with van der Waals surface area (Å²) in [7, 11) is 1.60. The van der Waals surface area contributed by atoms with Crippen LogP contribution >= 0.6 is 0 Å². The number of methoxy groups -OCH3 is 1. The molecule has 0 fully saturated rings. The molecule has 1 atom stereocenters. The number of hydrogen-bond donors (Lipinski definition) is 2. The lowest BCUT2D eigenvalue weighted by atomic mass is 10.2. The fourth-order valence-electron chi connectivity index (χ4n) is 2.54. The van der Waals surface area contributed by atoms with Crippen molar-refractivity contribution in [3.8, 4) is 17.2 Å². The van der Waals surface area contributed by atoms with Crippen LogP contribution in [0.3, 0.4) is 0 Å². The van der Waals surface area contributed by atoms with E-state index in [0.717, 1.165) is 17.2 Å². The summed E-state index contributed by atoms with van der Waals surface area (Å²) in [5.74, 6) is 2.29. The first-order valence-electron chi connectivity index (χ1n) is 9.13. The van der Waals surface area contributed by atoms with Crippen molar-refractivity contribution >= 4 is 11.6 Å². The highest BCUT2D eigenvalue weighted by Crippen LogP contribution is 2.18. The number of amides is 1. The number of benzene rings is 2. The van der Waals surface area contributed by atoms with Gasteiger partial charge in [0, 0.05) is 30.8 Å². The van der Waals surface area contributed by atoms with E-state index >= 15 is 0 Å². The van der Waals surface area contributed by atoms with Crippen LogP contribution in [0.1, 0.15) is 20.3 Å². The molecule has 2 aromatic rings. The van der Waals surface area contributed by atoms with Crippen molar-refractivity contribution < 1.29 is 19.0 Å². The van der Waals surface area contributed by atoms with Crippen molar-refractivity contribution in [1.82, 2.24) is 5.32 Å². The van der Waals surface area contributed by atoms with Gasteiger partial charge in [-0.3, -0.25) is 4.79 Å². The van der Waals surface area contributed by atoms with Gasteiger partial charge < -0.3 is 24.8 Å². The van der Waals surface area contributed by atoms with E-state index < -0.39 is 0 Å². The molecule has 0 saturated carbocycles. The van der Waals surface area contributed by atoms with Gasteiger partial charge in [-0.25, -0.2) is 0 Å². The lowest BCUT2D eigenvalue weighted by molar-refractivity contribution is -0.116. The zero-order chi connectivity index (χ0) is 19.5. The maximum absolute atomic E-state index is 12.1. The Kier molecular flexibility index (Phi) is 8.45. The van der Waals surface area contributed by atoms with Crippen LogP contribution in [0.15, 0.2) is 48.5 Å². The molecule has 0 radical (unpaired) electrons. The molecule has 2 aromatic carbocycles. The summed E-state index contributed by atoms with van der Waals surface area (Å²) in [4.78, 5) is 12.1. The van der Waals surface area contributed by atoms with Gasteiger partial charge in [0.15, 0.2) is 0 Å². The van der Waals surface area contributed by atoms with Gasteiger partial charge in [-0.2, -0.15) is 0 Å². The minimum atomic E-state index is -0.0457. The largest absolute Gasteiger partial charge is 0.497 e. The van der Waals surface area contributed by atoms with Gasteiger partial charge in [-0.1, -0.05) is 6.07 Å². The van der Waals surface area contributed by atoms with Crippen LogP contribution < -0.4 is 24.8 Å². The summed E-state index contributed by atoms with van der Waals surface area (Å²) in [6, 6.07) is 14.9. The van der Waals surface area contributed by atoms with Crippen LogP contribution in [-0.2, 0) is 4.79 Å². The Morgan fingerprint density at radius 3 is 2.41 bits per heavy atom. The molecular weight excluding hydrogens is 344 g/mol.